The van der Waals surface area contributed by atoms with Gasteiger partial charge in [-0.3, -0.25) is 10.1 Å². The third-order valence-corrected chi connectivity index (χ3v) is 3.50. The first-order valence-corrected chi connectivity index (χ1v) is 6.83. The Morgan fingerprint density at radius 3 is 2.14 bits per heavy atom. The van der Waals surface area contributed by atoms with E-state index in [0.717, 1.165) is 11.6 Å². The van der Waals surface area contributed by atoms with Crippen molar-refractivity contribution in [3.8, 4) is 11.1 Å². The Kier molecular flexibility index (Phi) is 3.99. The van der Waals surface area contributed by atoms with Gasteiger partial charge in [0.15, 0.2) is 0 Å². The zero-order valence-electron chi connectivity index (χ0n) is 12.7. The average molecular weight is 299 g/mol. The zero-order chi connectivity index (χ0) is 16.5. The number of nitro groups is 1. The Hall–Kier alpha value is -2.69. The van der Waals surface area contributed by atoms with Crippen LogP contribution in [0.3, 0.4) is 0 Å². The molecule has 5 heteroatoms. The highest BCUT2D eigenvalue weighted by Gasteiger charge is 2.19. The second kappa shape index (κ2) is 5.60. The van der Waals surface area contributed by atoms with Crippen molar-refractivity contribution < 1.29 is 14.8 Å². The van der Waals surface area contributed by atoms with Crippen LogP contribution in [0.4, 0.5) is 5.69 Å². The van der Waals surface area contributed by atoms with Gasteiger partial charge in [-0.25, -0.2) is 4.79 Å². The van der Waals surface area contributed by atoms with Gasteiger partial charge in [0.05, 0.1) is 16.1 Å². The van der Waals surface area contributed by atoms with Gasteiger partial charge in [0, 0.05) is 6.07 Å². The molecule has 0 fully saturated rings. The molecule has 0 aliphatic heterocycles. The first-order chi connectivity index (χ1) is 10.2. The molecule has 0 bridgehead atoms. The van der Waals surface area contributed by atoms with Gasteiger partial charge < -0.3 is 5.11 Å². The minimum atomic E-state index is -1.18. The predicted octanol–water partition coefficient (Wildman–Crippen LogP) is 4.26. The minimum Gasteiger partial charge on any atom is -0.478 e. The van der Waals surface area contributed by atoms with E-state index in [1.807, 2.05) is 24.3 Å². The number of benzene rings is 2. The minimum absolute atomic E-state index is 0.00235. The summed E-state index contributed by atoms with van der Waals surface area (Å²) in [6, 6.07) is 11.5. The van der Waals surface area contributed by atoms with Gasteiger partial charge in [-0.05, 0) is 28.7 Å². The highest BCUT2D eigenvalue weighted by atomic mass is 16.6. The van der Waals surface area contributed by atoms with Crippen molar-refractivity contribution in [1.29, 1.82) is 0 Å². The van der Waals surface area contributed by atoms with Crippen LogP contribution < -0.4 is 0 Å². The Morgan fingerprint density at radius 2 is 1.68 bits per heavy atom. The summed E-state index contributed by atoms with van der Waals surface area (Å²) in [7, 11) is 0. The van der Waals surface area contributed by atoms with E-state index >= 15 is 0 Å². The lowest BCUT2D eigenvalue weighted by Gasteiger charge is -2.19. The molecular weight excluding hydrogens is 282 g/mol. The molecule has 0 saturated heterocycles. The van der Waals surface area contributed by atoms with Crippen molar-refractivity contribution in [3.05, 3.63) is 63.7 Å². The number of hydrogen-bond donors (Lipinski definition) is 1. The summed E-state index contributed by atoms with van der Waals surface area (Å²) in [5.41, 5.74) is 1.93. The van der Waals surface area contributed by atoms with Crippen molar-refractivity contribution >= 4 is 11.7 Å². The van der Waals surface area contributed by atoms with Gasteiger partial charge >= 0.3 is 5.97 Å². The lowest BCUT2D eigenvalue weighted by molar-refractivity contribution is -0.384. The summed E-state index contributed by atoms with van der Waals surface area (Å²) in [6.45, 7) is 6.27. The Morgan fingerprint density at radius 1 is 1.09 bits per heavy atom. The van der Waals surface area contributed by atoms with E-state index in [4.69, 9.17) is 5.11 Å². The molecule has 2 rings (SSSR count). The van der Waals surface area contributed by atoms with Gasteiger partial charge in [0.25, 0.3) is 5.69 Å². The van der Waals surface area contributed by atoms with Crippen molar-refractivity contribution in [2.75, 3.05) is 0 Å². The number of nitro benzene ring substituents is 1. The van der Waals surface area contributed by atoms with Crippen LogP contribution in [0.2, 0.25) is 0 Å². The van der Waals surface area contributed by atoms with Gasteiger partial charge in [-0.15, -0.1) is 0 Å². The largest absolute Gasteiger partial charge is 0.478 e. The van der Waals surface area contributed by atoms with Crippen molar-refractivity contribution in [1.82, 2.24) is 0 Å². The molecule has 5 nitrogen and oxygen atoms in total. The Balaban J connectivity index is 2.52. The van der Waals surface area contributed by atoms with Gasteiger partial charge in [-0.1, -0.05) is 45.0 Å². The Labute approximate surface area is 128 Å². The first-order valence-electron chi connectivity index (χ1n) is 6.83. The number of rotatable bonds is 3. The van der Waals surface area contributed by atoms with Crippen LogP contribution in [-0.2, 0) is 5.41 Å². The maximum atomic E-state index is 11.2. The third kappa shape index (κ3) is 3.14. The van der Waals surface area contributed by atoms with Crippen molar-refractivity contribution in [2.24, 2.45) is 0 Å². The highest BCUT2D eigenvalue weighted by Crippen LogP contribution is 2.32. The molecule has 2 aromatic rings. The second-order valence-electron chi connectivity index (χ2n) is 6.12. The molecule has 0 unspecified atom stereocenters. The fourth-order valence-corrected chi connectivity index (χ4v) is 2.21. The van der Waals surface area contributed by atoms with Crippen LogP contribution in [0.15, 0.2) is 42.5 Å². The molecule has 0 aliphatic carbocycles. The molecule has 0 radical (unpaired) electrons. The number of carboxylic acids is 1. The topological polar surface area (TPSA) is 80.4 Å². The number of hydrogen-bond acceptors (Lipinski definition) is 3. The molecule has 0 aliphatic rings. The third-order valence-electron chi connectivity index (χ3n) is 3.50. The molecule has 114 valence electrons. The van der Waals surface area contributed by atoms with Gasteiger partial charge in [0.2, 0.25) is 0 Å². The molecule has 2 aromatic carbocycles. The summed E-state index contributed by atoms with van der Waals surface area (Å²) in [4.78, 5) is 21.6. The molecule has 1 N–H and O–H groups in total. The average Bonchev–Trinajstić information content (AvgIpc) is 2.45. The van der Waals surface area contributed by atoms with Crippen molar-refractivity contribution in [3.63, 3.8) is 0 Å². The van der Waals surface area contributed by atoms with Crippen molar-refractivity contribution in [2.45, 2.75) is 26.2 Å². The van der Waals surface area contributed by atoms with Crippen LogP contribution >= 0.6 is 0 Å². The smallest absolute Gasteiger partial charge is 0.335 e. The van der Waals surface area contributed by atoms with Gasteiger partial charge in [-0.2, -0.15) is 0 Å². The summed E-state index contributed by atoms with van der Waals surface area (Å²) < 4.78 is 0. The van der Waals surface area contributed by atoms with E-state index in [1.165, 1.54) is 12.1 Å². The molecule has 0 saturated carbocycles. The van der Waals surface area contributed by atoms with E-state index in [2.05, 4.69) is 20.8 Å². The Bertz CT molecular complexity index is 727. The first kappa shape index (κ1) is 15.7. The van der Waals surface area contributed by atoms with Crippen LogP contribution in [0.5, 0.6) is 0 Å². The quantitative estimate of drug-likeness (QED) is 0.678. The number of carbonyl (C=O) groups is 1. The van der Waals surface area contributed by atoms with Crippen LogP contribution in [0, 0.1) is 10.1 Å². The second-order valence-corrected chi connectivity index (χ2v) is 6.12. The maximum absolute atomic E-state index is 11.2. The predicted molar refractivity (Wildman–Crippen MR) is 84.2 cm³/mol. The maximum Gasteiger partial charge on any atom is 0.335 e. The van der Waals surface area contributed by atoms with E-state index in [9.17, 15) is 14.9 Å². The van der Waals surface area contributed by atoms with Crippen LogP contribution in [-0.4, -0.2) is 16.0 Å². The fourth-order valence-electron chi connectivity index (χ4n) is 2.21. The van der Waals surface area contributed by atoms with Gasteiger partial charge in [0.1, 0.15) is 0 Å². The monoisotopic (exact) mass is 299 g/mol. The standard InChI is InChI=1S/C17H17NO4/c1-17(2,3)13-7-4-11(5-8-13)14-9-6-12(16(19)20)10-15(14)18(21)22/h4-10H,1-3H3,(H,19,20). The van der Waals surface area contributed by atoms with E-state index in [1.54, 1.807) is 0 Å². The molecule has 0 spiro atoms. The normalized spacial score (nSPS) is 11.2. The molecule has 0 amide bonds. The summed E-state index contributed by atoms with van der Waals surface area (Å²) in [5.74, 6) is -1.18. The van der Waals surface area contributed by atoms with E-state index in [-0.39, 0.29) is 16.7 Å². The molecule has 0 atom stereocenters. The van der Waals surface area contributed by atoms with Crippen LogP contribution in [0.25, 0.3) is 11.1 Å². The molecular formula is C17H17NO4. The molecule has 0 heterocycles. The highest BCUT2D eigenvalue weighted by molar-refractivity contribution is 5.90. The van der Waals surface area contributed by atoms with E-state index < -0.39 is 10.9 Å². The SMILES string of the molecule is CC(C)(C)c1ccc(-c2ccc(C(=O)O)cc2[N+](=O)[O-])cc1. The summed E-state index contributed by atoms with van der Waals surface area (Å²) in [6.07, 6.45) is 0. The van der Waals surface area contributed by atoms with Crippen LogP contribution in [0.1, 0.15) is 36.7 Å². The lowest BCUT2D eigenvalue weighted by Crippen LogP contribution is -2.10. The fraction of sp³-hybridized carbons (Fsp3) is 0.235. The summed E-state index contributed by atoms with van der Waals surface area (Å²) in [5, 5.41) is 20.2. The molecule has 0 aromatic heterocycles. The molecule has 22 heavy (non-hydrogen) atoms. The summed E-state index contributed by atoms with van der Waals surface area (Å²) >= 11 is 0. The lowest BCUT2D eigenvalue weighted by atomic mass is 9.86. The number of carboxylic acid groups (broad SMARTS) is 1. The number of nitrogens with zero attached hydrogens (tertiary/aromatic N) is 1. The zero-order valence-corrected chi connectivity index (χ0v) is 12.7. The van der Waals surface area contributed by atoms with E-state index in [0.29, 0.717) is 11.1 Å². The number of aromatic carboxylic acids is 1.